The van der Waals surface area contributed by atoms with Crippen LogP contribution in [0.3, 0.4) is 0 Å². The van der Waals surface area contributed by atoms with Gasteiger partial charge in [0.2, 0.25) is 5.91 Å². The molecular weight excluding hydrogens is 361 g/mol. The summed E-state index contributed by atoms with van der Waals surface area (Å²) in [4.78, 5) is 25.6. The van der Waals surface area contributed by atoms with E-state index >= 15 is 0 Å². The number of carbonyl (C=O) groups excluding carboxylic acids is 2. The van der Waals surface area contributed by atoms with E-state index in [9.17, 15) is 22.8 Å². The van der Waals surface area contributed by atoms with Crippen LogP contribution < -0.4 is 10.1 Å². The Morgan fingerprint density at radius 2 is 1.70 bits per heavy atom. The van der Waals surface area contributed by atoms with E-state index in [-0.39, 0.29) is 18.0 Å². The number of nitrogens with one attached hydrogen (secondary N) is 1. The van der Waals surface area contributed by atoms with Crippen LogP contribution in [0.4, 0.5) is 13.2 Å². The molecule has 0 saturated carbocycles. The van der Waals surface area contributed by atoms with Crippen molar-refractivity contribution >= 4 is 11.8 Å². The molecule has 27 heavy (non-hydrogen) atoms. The molecule has 0 aliphatic rings. The number of benzene rings is 2. The molecule has 0 bridgehead atoms. The van der Waals surface area contributed by atoms with Gasteiger partial charge in [0.05, 0.1) is 19.2 Å². The molecule has 2 aromatic carbocycles. The number of alkyl halides is 3. The molecule has 2 amide bonds. The van der Waals surface area contributed by atoms with Crippen molar-refractivity contribution in [3.8, 4) is 5.75 Å². The van der Waals surface area contributed by atoms with Crippen LogP contribution in [0.5, 0.6) is 5.75 Å². The first-order valence-electron chi connectivity index (χ1n) is 8.03. The number of para-hydroxylation sites is 1. The molecule has 0 saturated heterocycles. The lowest BCUT2D eigenvalue weighted by Crippen LogP contribution is -2.37. The molecule has 0 radical (unpaired) electrons. The molecule has 0 aromatic heterocycles. The monoisotopic (exact) mass is 380 g/mol. The number of likely N-dealkylation sites (N-methyl/N-ethyl adjacent to an activating group) is 1. The van der Waals surface area contributed by atoms with E-state index in [1.54, 1.807) is 13.1 Å². The highest BCUT2D eigenvalue weighted by Gasteiger charge is 2.30. The summed E-state index contributed by atoms with van der Waals surface area (Å²) in [6.07, 6.45) is -4.47. The Balaban J connectivity index is 1.91. The highest BCUT2D eigenvalue weighted by atomic mass is 19.4. The molecule has 2 rings (SSSR count). The van der Waals surface area contributed by atoms with E-state index in [0.29, 0.717) is 12.3 Å². The number of nitrogens with zero attached hydrogens (tertiary/aromatic N) is 1. The Morgan fingerprint density at radius 1 is 1.07 bits per heavy atom. The van der Waals surface area contributed by atoms with Crippen LogP contribution in [0.15, 0.2) is 48.5 Å². The molecule has 0 heterocycles. The number of carbonyl (C=O) groups is 2. The minimum atomic E-state index is -4.47. The van der Waals surface area contributed by atoms with Crippen LogP contribution in [-0.2, 0) is 17.5 Å². The fourth-order valence-electron chi connectivity index (χ4n) is 2.38. The van der Waals surface area contributed by atoms with Crippen LogP contribution >= 0.6 is 0 Å². The zero-order valence-electron chi connectivity index (χ0n) is 14.8. The Labute approximate surface area is 154 Å². The maximum atomic E-state index is 12.5. The van der Waals surface area contributed by atoms with Crippen LogP contribution in [0.1, 0.15) is 21.5 Å². The van der Waals surface area contributed by atoms with Gasteiger partial charge >= 0.3 is 6.18 Å². The maximum Gasteiger partial charge on any atom is 0.416 e. The first kappa shape index (κ1) is 20.3. The van der Waals surface area contributed by atoms with Gasteiger partial charge in [-0.1, -0.05) is 18.2 Å². The van der Waals surface area contributed by atoms with Gasteiger partial charge in [0.25, 0.3) is 5.91 Å². The van der Waals surface area contributed by atoms with Crippen molar-refractivity contribution < 1.29 is 27.5 Å². The lowest BCUT2D eigenvalue weighted by atomic mass is 10.1. The second-order valence-electron chi connectivity index (χ2n) is 5.82. The molecule has 0 unspecified atom stereocenters. The van der Waals surface area contributed by atoms with Gasteiger partial charge in [-0.3, -0.25) is 9.59 Å². The lowest BCUT2D eigenvalue weighted by molar-refractivity contribution is -0.137. The summed E-state index contributed by atoms with van der Waals surface area (Å²) in [5.41, 5.74) is 0.0137. The van der Waals surface area contributed by atoms with E-state index in [1.807, 2.05) is 18.2 Å². The highest BCUT2D eigenvalue weighted by Crippen LogP contribution is 2.29. The first-order chi connectivity index (χ1) is 12.7. The lowest BCUT2D eigenvalue weighted by Gasteiger charge is -2.19. The van der Waals surface area contributed by atoms with E-state index in [2.05, 4.69) is 5.32 Å². The molecule has 0 spiro atoms. The van der Waals surface area contributed by atoms with Gasteiger partial charge in [-0.15, -0.1) is 0 Å². The van der Waals surface area contributed by atoms with Gasteiger partial charge in [-0.05, 0) is 30.3 Å². The molecule has 1 N–H and O–H groups in total. The van der Waals surface area contributed by atoms with E-state index in [4.69, 9.17) is 4.74 Å². The third-order valence-corrected chi connectivity index (χ3v) is 3.90. The number of ether oxygens (including phenoxy) is 1. The Morgan fingerprint density at radius 3 is 2.30 bits per heavy atom. The Hall–Kier alpha value is -3.03. The number of methoxy groups -OCH3 is 1. The molecular formula is C19H19F3N2O3. The van der Waals surface area contributed by atoms with Crippen molar-refractivity contribution in [1.82, 2.24) is 10.2 Å². The number of hydrogen-bond acceptors (Lipinski definition) is 3. The van der Waals surface area contributed by atoms with Crippen molar-refractivity contribution in [2.24, 2.45) is 0 Å². The largest absolute Gasteiger partial charge is 0.496 e. The maximum absolute atomic E-state index is 12.5. The van der Waals surface area contributed by atoms with Gasteiger partial charge < -0.3 is 15.0 Å². The molecule has 144 valence electrons. The van der Waals surface area contributed by atoms with Crippen molar-refractivity contribution in [1.29, 1.82) is 0 Å². The van der Waals surface area contributed by atoms with Crippen LogP contribution in [-0.4, -0.2) is 37.4 Å². The zero-order valence-corrected chi connectivity index (χ0v) is 14.8. The molecule has 5 nitrogen and oxygen atoms in total. The second kappa shape index (κ2) is 8.57. The second-order valence-corrected chi connectivity index (χ2v) is 5.82. The molecule has 2 aromatic rings. The van der Waals surface area contributed by atoms with E-state index < -0.39 is 17.6 Å². The number of halogens is 3. The third-order valence-electron chi connectivity index (χ3n) is 3.90. The molecule has 0 atom stereocenters. The summed E-state index contributed by atoms with van der Waals surface area (Å²) in [5.74, 6) is -0.324. The molecule has 0 fully saturated rings. The van der Waals surface area contributed by atoms with E-state index in [0.717, 1.165) is 29.8 Å². The van der Waals surface area contributed by atoms with Crippen molar-refractivity contribution in [3.05, 3.63) is 65.2 Å². The normalized spacial score (nSPS) is 11.0. The third kappa shape index (κ3) is 5.47. The fraction of sp³-hybridized carbons (Fsp3) is 0.263. The van der Waals surface area contributed by atoms with Crippen LogP contribution in [0.2, 0.25) is 0 Å². The van der Waals surface area contributed by atoms with Gasteiger partial charge in [0.1, 0.15) is 5.75 Å². The summed E-state index contributed by atoms with van der Waals surface area (Å²) < 4.78 is 42.8. The van der Waals surface area contributed by atoms with Crippen molar-refractivity contribution in [3.63, 3.8) is 0 Å². The minimum Gasteiger partial charge on any atom is -0.496 e. The van der Waals surface area contributed by atoms with Gasteiger partial charge in [0, 0.05) is 24.7 Å². The summed E-state index contributed by atoms with van der Waals surface area (Å²) in [6.45, 7) is 0.0184. The standard InChI is InChI=1S/C19H19F3N2O3/c1-24(12-14-5-3-4-6-16(14)27-2)17(25)11-23-18(26)13-7-9-15(10-8-13)19(20,21)22/h3-10H,11-12H2,1-2H3,(H,23,26). The van der Waals surface area contributed by atoms with Gasteiger partial charge in [-0.2, -0.15) is 13.2 Å². The number of rotatable bonds is 6. The molecule has 8 heteroatoms. The topological polar surface area (TPSA) is 58.6 Å². The average molecular weight is 380 g/mol. The zero-order chi connectivity index (χ0) is 20.0. The number of amides is 2. The summed E-state index contributed by atoms with van der Waals surface area (Å²) in [7, 11) is 3.12. The molecule has 0 aliphatic carbocycles. The Kier molecular flexibility index (Phi) is 6.44. The SMILES string of the molecule is COc1ccccc1CN(C)C(=O)CNC(=O)c1ccc(C(F)(F)F)cc1. The van der Waals surface area contributed by atoms with Gasteiger partial charge in [-0.25, -0.2) is 0 Å². The predicted octanol–water partition coefficient (Wildman–Crippen LogP) is 3.10. The smallest absolute Gasteiger partial charge is 0.416 e. The first-order valence-corrected chi connectivity index (χ1v) is 8.03. The summed E-state index contributed by atoms with van der Waals surface area (Å²) >= 11 is 0. The fourth-order valence-corrected chi connectivity index (χ4v) is 2.38. The Bertz CT molecular complexity index is 805. The summed E-state index contributed by atoms with van der Waals surface area (Å²) in [6, 6.07) is 11.0. The molecule has 0 aliphatic heterocycles. The van der Waals surface area contributed by atoms with E-state index in [1.165, 1.54) is 12.0 Å². The predicted molar refractivity (Wildman–Crippen MR) is 93.2 cm³/mol. The number of hydrogen-bond donors (Lipinski definition) is 1. The average Bonchev–Trinajstić information content (AvgIpc) is 2.65. The quantitative estimate of drug-likeness (QED) is 0.838. The van der Waals surface area contributed by atoms with Gasteiger partial charge in [0.15, 0.2) is 0 Å². The summed E-state index contributed by atoms with van der Waals surface area (Å²) in [5, 5.41) is 2.41. The highest BCUT2D eigenvalue weighted by molar-refractivity contribution is 5.96. The van der Waals surface area contributed by atoms with Crippen LogP contribution in [0, 0.1) is 0 Å². The van der Waals surface area contributed by atoms with Crippen molar-refractivity contribution in [2.45, 2.75) is 12.7 Å². The van der Waals surface area contributed by atoms with Crippen molar-refractivity contribution in [2.75, 3.05) is 20.7 Å². The van der Waals surface area contributed by atoms with Crippen LogP contribution in [0.25, 0.3) is 0 Å². The minimum absolute atomic E-state index is 0.0446.